The van der Waals surface area contributed by atoms with E-state index in [0.29, 0.717) is 0 Å². The third-order valence-corrected chi connectivity index (χ3v) is 2.93. The number of hydrogen-bond acceptors (Lipinski definition) is 2. The van der Waals surface area contributed by atoms with Gasteiger partial charge in [-0.2, -0.15) is 0 Å². The van der Waals surface area contributed by atoms with Crippen LogP contribution in [-0.4, -0.2) is 31.1 Å². The van der Waals surface area contributed by atoms with Crippen LogP contribution in [0.2, 0.25) is 5.02 Å². The molecule has 0 aliphatic heterocycles. The highest BCUT2D eigenvalue weighted by Gasteiger charge is 2.01. The summed E-state index contributed by atoms with van der Waals surface area (Å²) < 4.78 is 0. The van der Waals surface area contributed by atoms with Gasteiger partial charge in [0.05, 0.1) is 0 Å². The number of benzene rings is 1. The quantitative estimate of drug-likeness (QED) is 0.758. The highest BCUT2D eigenvalue weighted by Crippen LogP contribution is 2.12. The lowest BCUT2D eigenvalue weighted by atomic mass is 10.3. The molecular formula is C14H23ClN2. The second kappa shape index (κ2) is 8.37. The van der Waals surface area contributed by atoms with Crippen molar-refractivity contribution in [3.05, 3.63) is 29.3 Å². The molecule has 0 spiro atoms. The molecule has 0 bridgehead atoms. The molecule has 96 valence electrons. The van der Waals surface area contributed by atoms with Gasteiger partial charge in [-0.25, -0.2) is 0 Å². The average molecular weight is 255 g/mol. The summed E-state index contributed by atoms with van der Waals surface area (Å²) in [5.74, 6) is 0. The monoisotopic (exact) mass is 254 g/mol. The van der Waals surface area contributed by atoms with E-state index in [1.165, 1.54) is 25.9 Å². The van der Waals surface area contributed by atoms with Gasteiger partial charge in [-0.1, -0.05) is 25.4 Å². The zero-order chi connectivity index (χ0) is 12.5. The largest absolute Gasteiger partial charge is 0.384 e. The Bertz CT molecular complexity index is 292. The van der Waals surface area contributed by atoms with Crippen molar-refractivity contribution in [1.82, 2.24) is 4.90 Å². The fourth-order valence-corrected chi connectivity index (χ4v) is 2.02. The number of halogens is 1. The van der Waals surface area contributed by atoms with Crippen LogP contribution in [0.3, 0.4) is 0 Å². The van der Waals surface area contributed by atoms with Crippen LogP contribution in [-0.2, 0) is 0 Å². The van der Waals surface area contributed by atoms with Crippen LogP contribution in [0.5, 0.6) is 0 Å². The van der Waals surface area contributed by atoms with Crippen LogP contribution in [0.15, 0.2) is 24.3 Å². The molecule has 0 radical (unpaired) electrons. The van der Waals surface area contributed by atoms with Crippen molar-refractivity contribution in [2.24, 2.45) is 0 Å². The summed E-state index contributed by atoms with van der Waals surface area (Å²) in [6.45, 7) is 8.93. The Labute approximate surface area is 110 Å². The molecule has 1 aromatic carbocycles. The molecule has 17 heavy (non-hydrogen) atoms. The van der Waals surface area contributed by atoms with Crippen LogP contribution in [0.4, 0.5) is 5.69 Å². The second-order valence-electron chi connectivity index (χ2n) is 4.28. The molecule has 1 N–H and O–H groups in total. The van der Waals surface area contributed by atoms with E-state index in [4.69, 9.17) is 11.6 Å². The molecule has 3 heteroatoms. The van der Waals surface area contributed by atoms with Gasteiger partial charge in [0.2, 0.25) is 0 Å². The van der Waals surface area contributed by atoms with Crippen molar-refractivity contribution < 1.29 is 0 Å². The molecule has 0 aliphatic rings. The Kier molecular flexibility index (Phi) is 7.06. The van der Waals surface area contributed by atoms with Gasteiger partial charge in [0.15, 0.2) is 0 Å². The van der Waals surface area contributed by atoms with Gasteiger partial charge in [-0.15, -0.1) is 0 Å². The lowest BCUT2D eigenvalue weighted by molar-refractivity contribution is 0.285. The summed E-state index contributed by atoms with van der Waals surface area (Å²) in [7, 11) is 0. The fourth-order valence-electron chi connectivity index (χ4n) is 1.89. The minimum Gasteiger partial charge on any atom is -0.384 e. The van der Waals surface area contributed by atoms with Gasteiger partial charge in [0.1, 0.15) is 0 Å². The number of hydrogen-bond donors (Lipinski definition) is 1. The summed E-state index contributed by atoms with van der Waals surface area (Å²) in [6.07, 6.45) is 2.45. The lowest BCUT2D eigenvalue weighted by Gasteiger charge is -2.21. The number of anilines is 1. The van der Waals surface area contributed by atoms with E-state index in [2.05, 4.69) is 24.1 Å². The lowest BCUT2D eigenvalue weighted by Crippen LogP contribution is -2.30. The van der Waals surface area contributed by atoms with E-state index in [9.17, 15) is 0 Å². The van der Waals surface area contributed by atoms with Crippen LogP contribution in [0, 0.1) is 0 Å². The van der Waals surface area contributed by atoms with E-state index in [0.717, 1.165) is 23.8 Å². The Balaban J connectivity index is 2.27. The summed E-state index contributed by atoms with van der Waals surface area (Å²) in [5, 5.41) is 4.21. The maximum atomic E-state index is 5.84. The Morgan fingerprint density at radius 3 is 2.12 bits per heavy atom. The zero-order valence-corrected chi connectivity index (χ0v) is 11.6. The van der Waals surface area contributed by atoms with Gasteiger partial charge in [-0.05, 0) is 50.2 Å². The molecule has 0 heterocycles. The molecule has 1 rings (SSSR count). The molecule has 0 aliphatic carbocycles. The van der Waals surface area contributed by atoms with E-state index < -0.39 is 0 Å². The van der Waals surface area contributed by atoms with Crippen LogP contribution < -0.4 is 5.32 Å². The molecule has 0 fully saturated rings. The predicted molar refractivity (Wildman–Crippen MR) is 77.0 cm³/mol. The summed E-state index contributed by atoms with van der Waals surface area (Å²) in [5.41, 5.74) is 1.14. The van der Waals surface area contributed by atoms with E-state index in [1.807, 2.05) is 24.3 Å². The van der Waals surface area contributed by atoms with Crippen molar-refractivity contribution in [1.29, 1.82) is 0 Å². The zero-order valence-electron chi connectivity index (χ0n) is 10.9. The Morgan fingerprint density at radius 2 is 1.59 bits per heavy atom. The molecule has 0 unspecified atom stereocenters. The summed E-state index contributed by atoms with van der Waals surface area (Å²) in [4.78, 5) is 2.50. The van der Waals surface area contributed by atoms with Gasteiger partial charge >= 0.3 is 0 Å². The molecular weight excluding hydrogens is 232 g/mol. The van der Waals surface area contributed by atoms with Crippen molar-refractivity contribution in [3.63, 3.8) is 0 Å². The highest BCUT2D eigenvalue weighted by molar-refractivity contribution is 6.30. The maximum Gasteiger partial charge on any atom is 0.0407 e. The third kappa shape index (κ3) is 5.94. The maximum absolute atomic E-state index is 5.84. The third-order valence-electron chi connectivity index (χ3n) is 2.68. The average Bonchev–Trinajstić information content (AvgIpc) is 2.32. The highest BCUT2D eigenvalue weighted by atomic mass is 35.5. The van der Waals surface area contributed by atoms with Crippen molar-refractivity contribution in [2.45, 2.75) is 26.7 Å². The first-order valence-corrected chi connectivity index (χ1v) is 6.85. The Hall–Kier alpha value is -0.730. The van der Waals surface area contributed by atoms with Gasteiger partial charge in [0.25, 0.3) is 0 Å². The van der Waals surface area contributed by atoms with Crippen LogP contribution in [0.25, 0.3) is 0 Å². The predicted octanol–water partition coefficient (Wildman–Crippen LogP) is 3.87. The minimum atomic E-state index is 0.786. The van der Waals surface area contributed by atoms with E-state index >= 15 is 0 Å². The normalized spacial score (nSPS) is 10.8. The minimum absolute atomic E-state index is 0.786. The van der Waals surface area contributed by atoms with Crippen LogP contribution >= 0.6 is 11.6 Å². The number of nitrogens with one attached hydrogen (secondary N) is 1. The molecule has 0 saturated heterocycles. The first kappa shape index (κ1) is 14.3. The van der Waals surface area contributed by atoms with Gasteiger partial charge in [-0.3, -0.25) is 0 Å². The molecule has 0 aromatic heterocycles. The molecule has 0 amide bonds. The summed E-state index contributed by atoms with van der Waals surface area (Å²) >= 11 is 5.84. The van der Waals surface area contributed by atoms with E-state index in [1.54, 1.807) is 0 Å². The van der Waals surface area contributed by atoms with Crippen molar-refractivity contribution >= 4 is 17.3 Å². The standard InChI is InChI=1S/C14H23ClN2/c1-3-10-17(11-4-2)12-9-16-14-7-5-13(15)6-8-14/h5-8,16H,3-4,9-12H2,1-2H3. The van der Waals surface area contributed by atoms with Crippen molar-refractivity contribution in [2.75, 3.05) is 31.5 Å². The second-order valence-corrected chi connectivity index (χ2v) is 4.71. The SMILES string of the molecule is CCCN(CCC)CCNc1ccc(Cl)cc1. The molecule has 1 aromatic rings. The molecule has 0 atom stereocenters. The summed E-state index contributed by atoms with van der Waals surface area (Å²) in [6, 6.07) is 7.87. The Morgan fingerprint density at radius 1 is 1.00 bits per heavy atom. The fraction of sp³-hybridized carbons (Fsp3) is 0.571. The number of rotatable bonds is 8. The smallest absolute Gasteiger partial charge is 0.0407 e. The van der Waals surface area contributed by atoms with Crippen LogP contribution in [0.1, 0.15) is 26.7 Å². The van der Waals surface area contributed by atoms with Gasteiger partial charge in [0, 0.05) is 23.8 Å². The van der Waals surface area contributed by atoms with Gasteiger partial charge < -0.3 is 10.2 Å². The van der Waals surface area contributed by atoms with Crippen molar-refractivity contribution in [3.8, 4) is 0 Å². The molecule has 2 nitrogen and oxygen atoms in total. The first-order chi connectivity index (χ1) is 8.26. The number of nitrogens with zero attached hydrogens (tertiary/aromatic N) is 1. The van der Waals surface area contributed by atoms with E-state index in [-0.39, 0.29) is 0 Å². The first-order valence-electron chi connectivity index (χ1n) is 6.48. The topological polar surface area (TPSA) is 15.3 Å². The molecule has 0 saturated carbocycles.